The first-order valence-electron chi connectivity index (χ1n) is 7.00. The van der Waals surface area contributed by atoms with Crippen LogP contribution >= 0.6 is 0 Å². The van der Waals surface area contributed by atoms with Crippen molar-refractivity contribution < 1.29 is 9.90 Å². The van der Waals surface area contributed by atoms with E-state index in [0.29, 0.717) is 18.8 Å². The molecule has 0 saturated carbocycles. The van der Waals surface area contributed by atoms with Gasteiger partial charge >= 0.3 is 0 Å². The Hall–Kier alpha value is -1.55. The molecule has 0 saturated heterocycles. The number of nitrogens with one attached hydrogen (secondary N) is 1. The van der Waals surface area contributed by atoms with Crippen LogP contribution in [-0.2, 0) is 10.2 Å². The molecule has 1 aromatic carbocycles. The number of carbonyl (C=O) groups excluding carboxylic acids is 1. The topological polar surface area (TPSA) is 75.4 Å². The Bertz CT molecular complexity index is 490. The number of aromatic hydroxyl groups is 1. The highest BCUT2D eigenvalue weighted by Gasteiger charge is 2.23. The van der Waals surface area contributed by atoms with Gasteiger partial charge in [-0.25, -0.2) is 0 Å². The van der Waals surface area contributed by atoms with Crippen LogP contribution in [0.4, 0.5) is 0 Å². The number of aryl methyl sites for hydroxylation is 1. The van der Waals surface area contributed by atoms with Crippen molar-refractivity contribution >= 4 is 5.91 Å². The molecular formula is C16H26N2O2. The Kier molecular flexibility index (Phi) is 5.17. The average Bonchev–Trinajstić information content (AvgIpc) is 2.36. The van der Waals surface area contributed by atoms with E-state index in [9.17, 15) is 9.90 Å². The van der Waals surface area contributed by atoms with Gasteiger partial charge in [-0.1, -0.05) is 32.9 Å². The standard InChI is InChI=1S/C16H26N2O2/c1-10-8-12(11(2)15(20)18-7-6-17)9-13(14(10)19)16(3,4)5/h8-9,11,19H,6-7,17H2,1-5H3,(H,18,20). The molecule has 0 spiro atoms. The summed E-state index contributed by atoms with van der Waals surface area (Å²) in [5, 5.41) is 13.0. The minimum Gasteiger partial charge on any atom is -0.507 e. The molecule has 1 aromatic rings. The third kappa shape index (κ3) is 3.73. The van der Waals surface area contributed by atoms with Gasteiger partial charge in [-0.05, 0) is 36.0 Å². The highest BCUT2D eigenvalue weighted by Crippen LogP contribution is 2.35. The van der Waals surface area contributed by atoms with Gasteiger partial charge in [0.25, 0.3) is 0 Å². The van der Waals surface area contributed by atoms with E-state index < -0.39 is 0 Å². The third-order valence-electron chi connectivity index (χ3n) is 3.47. The molecule has 1 atom stereocenters. The van der Waals surface area contributed by atoms with Gasteiger partial charge < -0.3 is 16.2 Å². The highest BCUT2D eigenvalue weighted by molar-refractivity contribution is 5.83. The van der Waals surface area contributed by atoms with Crippen LogP contribution in [0.1, 0.15) is 50.3 Å². The van der Waals surface area contributed by atoms with Crippen molar-refractivity contribution in [1.82, 2.24) is 5.32 Å². The third-order valence-corrected chi connectivity index (χ3v) is 3.47. The number of nitrogens with two attached hydrogens (primary N) is 1. The summed E-state index contributed by atoms with van der Waals surface area (Å²) in [5.74, 6) is 0.0122. The Morgan fingerprint density at radius 1 is 1.40 bits per heavy atom. The van der Waals surface area contributed by atoms with Crippen molar-refractivity contribution in [1.29, 1.82) is 0 Å². The molecule has 4 N–H and O–H groups in total. The van der Waals surface area contributed by atoms with Crippen LogP contribution in [0.15, 0.2) is 12.1 Å². The Morgan fingerprint density at radius 2 is 2.00 bits per heavy atom. The molecular weight excluding hydrogens is 252 g/mol. The summed E-state index contributed by atoms with van der Waals surface area (Å²) in [4.78, 5) is 12.0. The van der Waals surface area contributed by atoms with Crippen molar-refractivity contribution in [3.63, 3.8) is 0 Å². The maximum absolute atomic E-state index is 12.0. The molecule has 1 amide bonds. The van der Waals surface area contributed by atoms with E-state index in [2.05, 4.69) is 5.32 Å². The second-order valence-electron chi connectivity index (χ2n) is 6.29. The lowest BCUT2D eigenvalue weighted by molar-refractivity contribution is -0.122. The molecule has 0 heterocycles. The summed E-state index contributed by atoms with van der Waals surface area (Å²) < 4.78 is 0. The smallest absolute Gasteiger partial charge is 0.227 e. The van der Waals surface area contributed by atoms with Crippen molar-refractivity contribution in [2.24, 2.45) is 5.73 Å². The van der Waals surface area contributed by atoms with Gasteiger partial charge in [-0.2, -0.15) is 0 Å². The zero-order valence-electron chi connectivity index (χ0n) is 13.1. The fourth-order valence-electron chi connectivity index (χ4n) is 2.13. The first-order valence-corrected chi connectivity index (χ1v) is 7.00. The molecule has 1 rings (SSSR count). The van der Waals surface area contributed by atoms with E-state index in [1.165, 1.54) is 0 Å². The fraction of sp³-hybridized carbons (Fsp3) is 0.562. The summed E-state index contributed by atoms with van der Waals surface area (Å²) in [6, 6.07) is 3.80. The Morgan fingerprint density at radius 3 is 2.50 bits per heavy atom. The normalized spacial score (nSPS) is 13.1. The van der Waals surface area contributed by atoms with Gasteiger partial charge in [0.15, 0.2) is 0 Å². The molecule has 0 aliphatic heterocycles. The Balaban J connectivity index is 3.14. The van der Waals surface area contributed by atoms with Gasteiger partial charge in [-0.3, -0.25) is 4.79 Å². The summed E-state index contributed by atoms with van der Waals surface area (Å²) in [7, 11) is 0. The van der Waals surface area contributed by atoms with Crippen LogP contribution in [0.5, 0.6) is 5.75 Å². The molecule has 112 valence electrons. The fourth-order valence-corrected chi connectivity index (χ4v) is 2.13. The lowest BCUT2D eigenvalue weighted by atomic mass is 9.82. The molecule has 0 radical (unpaired) electrons. The lowest BCUT2D eigenvalue weighted by Crippen LogP contribution is -2.32. The van der Waals surface area contributed by atoms with Crippen molar-refractivity contribution in [3.05, 3.63) is 28.8 Å². The molecule has 0 aliphatic carbocycles. The maximum atomic E-state index is 12.0. The largest absolute Gasteiger partial charge is 0.507 e. The molecule has 0 aliphatic rings. The number of hydrogen-bond acceptors (Lipinski definition) is 3. The van der Waals surface area contributed by atoms with Crippen LogP contribution in [0.25, 0.3) is 0 Å². The van der Waals surface area contributed by atoms with E-state index in [4.69, 9.17) is 5.73 Å². The molecule has 0 fully saturated rings. The number of phenols is 1. The van der Waals surface area contributed by atoms with Crippen LogP contribution in [0, 0.1) is 6.92 Å². The summed E-state index contributed by atoms with van der Waals surface area (Å²) in [6.07, 6.45) is 0. The average molecular weight is 278 g/mol. The molecule has 1 unspecified atom stereocenters. The van der Waals surface area contributed by atoms with E-state index in [-0.39, 0.29) is 17.2 Å². The number of carbonyl (C=O) groups is 1. The second kappa shape index (κ2) is 6.27. The van der Waals surface area contributed by atoms with Crippen LogP contribution < -0.4 is 11.1 Å². The number of amides is 1. The van der Waals surface area contributed by atoms with Crippen molar-refractivity contribution in [2.75, 3.05) is 13.1 Å². The first kappa shape index (κ1) is 16.5. The number of rotatable bonds is 4. The zero-order chi connectivity index (χ0) is 15.5. The lowest BCUT2D eigenvalue weighted by Gasteiger charge is -2.24. The predicted octanol–water partition coefficient (Wildman–Crippen LogP) is 2.18. The zero-order valence-corrected chi connectivity index (χ0v) is 13.1. The van der Waals surface area contributed by atoms with Gasteiger partial charge in [0.1, 0.15) is 5.75 Å². The molecule has 20 heavy (non-hydrogen) atoms. The number of hydrogen-bond donors (Lipinski definition) is 3. The van der Waals surface area contributed by atoms with Gasteiger partial charge in [-0.15, -0.1) is 0 Å². The first-order chi connectivity index (χ1) is 9.18. The minimum atomic E-state index is -0.262. The van der Waals surface area contributed by atoms with E-state index in [1.807, 2.05) is 46.8 Å². The molecule has 4 nitrogen and oxygen atoms in total. The second-order valence-corrected chi connectivity index (χ2v) is 6.29. The summed E-state index contributed by atoms with van der Waals surface area (Å²) in [5.41, 5.74) is 7.80. The molecule has 0 aromatic heterocycles. The van der Waals surface area contributed by atoms with E-state index in [0.717, 1.165) is 16.7 Å². The highest BCUT2D eigenvalue weighted by atomic mass is 16.3. The van der Waals surface area contributed by atoms with E-state index >= 15 is 0 Å². The van der Waals surface area contributed by atoms with Crippen molar-refractivity contribution in [3.8, 4) is 5.75 Å². The van der Waals surface area contributed by atoms with Gasteiger partial charge in [0.05, 0.1) is 5.92 Å². The maximum Gasteiger partial charge on any atom is 0.227 e. The monoisotopic (exact) mass is 278 g/mol. The SMILES string of the molecule is Cc1cc(C(C)C(=O)NCCN)cc(C(C)(C)C)c1O. The molecule has 4 heteroatoms. The van der Waals surface area contributed by atoms with Gasteiger partial charge in [0, 0.05) is 13.1 Å². The number of benzene rings is 1. The predicted molar refractivity (Wildman–Crippen MR) is 82.0 cm³/mol. The minimum absolute atomic E-state index is 0.0413. The number of phenolic OH excluding ortho intramolecular Hbond substituents is 1. The quantitative estimate of drug-likeness (QED) is 0.790. The molecule has 0 bridgehead atoms. The van der Waals surface area contributed by atoms with Crippen LogP contribution in [0.3, 0.4) is 0 Å². The van der Waals surface area contributed by atoms with E-state index in [1.54, 1.807) is 0 Å². The van der Waals surface area contributed by atoms with Gasteiger partial charge in [0.2, 0.25) is 5.91 Å². The van der Waals surface area contributed by atoms with Crippen LogP contribution in [-0.4, -0.2) is 24.1 Å². The Labute approximate surface area is 121 Å². The summed E-state index contributed by atoms with van der Waals surface area (Å²) in [6.45, 7) is 10.8. The summed E-state index contributed by atoms with van der Waals surface area (Å²) >= 11 is 0. The van der Waals surface area contributed by atoms with Crippen molar-refractivity contribution in [2.45, 2.75) is 46.0 Å². The van der Waals surface area contributed by atoms with Crippen LogP contribution in [0.2, 0.25) is 0 Å².